The van der Waals surface area contributed by atoms with Gasteiger partial charge < -0.3 is 19.2 Å². The number of ether oxygens (including phenoxy) is 2. The van der Waals surface area contributed by atoms with E-state index in [4.69, 9.17) is 13.9 Å². The van der Waals surface area contributed by atoms with Crippen molar-refractivity contribution in [2.75, 3.05) is 33.4 Å². The van der Waals surface area contributed by atoms with E-state index in [2.05, 4.69) is 10.2 Å². The Morgan fingerprint density at radius 1 is 1.55 bits per heavy atom. The van der Waals surface area contributed by atoms with Crippen LogP contribution in [0.15, 0.2) is 22.8 Å². The zero-order valence-corrected chi connectivity index (χ0v) is 13.0. The fraction of sp³-hybridized carbons (Fsp3) is 0.688. The molecule has 0 aliphatic carbocycles. The van der Waals surface area contributed by atoms with E-state index in [1.54, 1.807) is 13.4 Å². The second-order valence-corrected chi connectivity index (χ2v) is 6.04. The van der Waals surface area contributed by atoms with Crippen molar-refractivity contribution in [2.45, 2.75) is 31.6 Å². The van der Waals surface area contributed by atoms with E-state index in [1.165, 1.54) is 0 Å². The van der Waals surface area contributed by atoms with Crippen LogP contribution in [0.3, 0.4) is 0 Å². The van der Waals surface area contributed by atoms with Crippen molar-refractivity contribution in [2.24, 2.45) is 5.92 Å². The highest BCUT2D eigenvalue weighted by atomic mass is 16.5. The summed E-state index contributed by atoms with van der Waals surface area (Å²) >= 11 is 0. The van der Waals surface area contributed by atoms with Gasteiger partial charge in [0.2, 0.25) is 5.91 Å². The smallest absolute Gasteiger partial charge is 0.249 e. The molecule has 2 fully saturated rings. The monoisotopic (exact) mass is 308 g/mol. The van der Waals surface area contributed by atoms with Crippen LogP contribution in [-0.4, -0.2) is 56.4 Å². The van der Waals surface area contributed by atoms with E-state index in [0.29, 0.717) is 12.5 Å². The number of rotatable bonds is 6. The van der Waals surface area contributed by atoms with Crippen LogP contribution in [0.1, 0.15) is 18.6 Å². The summed E-state index contributed by atoms with van der Waals surface area (Å²) in [5.74, 6) is 1.22. The Balaban J connectivity index is 1.46. The van der Waals surface area contributed by atoms with Gasteiger partial charge in [-0.2, -0.15) is 0 Å². The van der Waals surface area contributed by atoms with Gasteiger partial charge in [-0.3, -0.25) is 9.69 Å². The minimum absolute atomic E-state index is 0.0331. The maximum absolute atomic E-state index is 12.2. The zero-order valence-electron chi connectivity index (χ0n) is 13.0. The van der Waals surface area contributed by atoms with Crippen molar-refractivity contribution in [1.82, 2.24) is 10.2 Å². The van der Waals surface area contributed by atoms with E-state index in [9.17, 15) is 4.79 Å². The molecule has 2 saturated heterocycles. The first-order valence-corrected chi connectivity index (χ1v) is 7.93. The standard InChI is InChI=1S/C16H24N2O4/c1-20-8-6-18-5-4-12-9-14(22-15(12)11-18)16(19)17-10-13-3-2-7-21-13/h2-3,7,12,14-15H,4-6,8-11H2,1H3,(H,17,19)/t12-,14+,15+/m1/s1. The lowest BCUT2D eigenvalue weighted by molar-refractivity contribution is -0.133. The molecule has 0 bridgehead atoms. The molecule has 0 spiro atoms. The van der Waals surface area contributed by atoms with Crippen LogP contribution in [0.5, 0.6) is 0 Å². The van der Waals surface area contributed by atoms with Gasteiger partial charge in [0, 0.05) is 20.2 Å². The summed E-state index contributed by atoms with van der Waals surface area (Å²) in [6.45, 7) is 4.05. The Kier molecular flexibility index (Phi) is 5.12. The lowest BCUT2D eigenvalue weighted by Gasteiger charge is -2.33. The van der Waals surface area contributed by atoms with Crippen molar-refractivity contribution < 1.29 is 18.7 Å². The maximum Gasteiger partial charge on any atom is 0.249 e. The van der Waals surface area contributed by atoms with Crippen LogP contribution in [0.2, 0.25) is 0 Å². The normalized spacial score (nSPS) is 28.5. The van der Waals surface area contributed by atoms with Gasteiger partial charge in [-0.1, -0.05) is 0 Å². The number of furan rings is 1. The number of hydrogen-bond acceptors (Lipinski definition) is 5. The lowest BCUT2D eigenvalue weighted by Crippen LogP contribution is -2.43. The van der Waals surface area contributed by atoms with Crippen LogP contribution in [0.25, 0.3) is 0 Å². The molecule has 1 amide bonds. The summed E-state index contributed by atoms with van der Waals surface area (Å²) in [6, 6.07) is 3.67. The topological polar surface area (TPSA) is 63.9 Å². The number of likely N-dealkylation sites (tertiary alicyclic amines) is 1. The lowest BCUT2D eigenvalue weighted by atomic mass is 9.91. The predicted molar refractivity (Wildman–Crippen MR) is 80.3 cm³/mol. The fourth-order valence-electron chi connectivity index (χ4n) is 3.29. The Bertz CT molecular complexity index is 477. The van der Waals surface area contributed by atoms with Gasteiger partial charge in [0.15, 0.2) is 0 Å². The van der Waals surface area contributed by atoms with Crippen molar-refractivity contribution in [3.63, 3.8) is 0 Å². The molecule has 3 atom stereocenters. The Morgan fingerprint density at radius 2 is 2.45 bits per heavy atom. The van der Waals surface area contributed by atoms with E-state index in [-0.39, 0.29) is 18.1 Å². The molecule has 0 aromatic carbocycles. The molecule has 122 valence electrons. The van der Waals surface area contributed by atoms with Crippen molar-refractivity contribution in [1.29, 1.82) is 0 Å². The van der Waals surface area contributed by atoms with E-state index in [0.717, 1.165) is 44.8 Å². The molecule has 0 radical (unpaired) electrons. The molecular formula is C16H24N2O4. The number of nitrogens with one attached hydrogen (secondary N) is 1. The van der Waals surface area contributed by atoms with E-state index in [1.807, 2.05) is 12.1 Å². The average molecular weight is 308 g/mol. The number of hydrogen-bond donors (Lipinski definition) is 1. The van der Waals surface area contributed by atoms with Gasteiger partial charge in [0.05, 0.1) is 25.5 Å². The van der Waals surface area contributed by atoms with Gasteiger partial charge in [-0.25, -0.2) is 0 Å². The van der Waals surface area contributed by atoms with Crippen molar-refractivity contribution >= 4 is 5.91 Å². The number of carbonyl (C=O) groups is 1. The average Bonchev–Trinajstić information content (AvgIpc) is 3.19. The van der Waals surface area contributed by atoms with E-state index < -0.39 is 0 Å². The zero-order chi connectivity index (χ0) is 15.4. The number of amides is 1. The summed E-state index contributed by atoms with van der Waals surface area (Å²) in [4.78, 5) is 14.6. The van der Waals surface area contributed by atoms with Crippen LogP contribution in [-0.2, 0) is 20.8 Å². The summed E-state index contributed by atoms with van der Waals surface area (Å²) in [5, 5.41) is 2.89. The van der Waals surface area contributed by atoms with Crippen LogP contribution in [0.4, 0.5) is 0 Å². The van der Waals surface area contributed by atoms with Crippen LogP contribution in [0, 0.1) is 5.92 Å². The highest BCUT2D eigenvalue weighted by Crippen LogP contribution is 2.33. The largest absolute Gasteiger partial charge is 0.467 e. The number of nitrogens with zero attached hydrogens (tertiary/aromatic N) is 1. The summed E-state index contributed by atoms with van der Waals surface area (Å²) < 4.78 is 16.3. The third kappa shape index (κ3) is 3.69. The molecule has 3 rings (SSSR count). The van der Waals surface area contributed by atoms with E-state index >= 15 is 0 Å². The molecule has 1 aromatic rings. The summed E-state index contributed by atoms with van der Waals surface area (Å²) in [6.07, 6.45) is 3.37. The third-order valence-electron chi connectivity index (χ3n) is 4.56. The molecule has 2 aliphatic rings. The second kappa shape index (κ2) is 7.26. The van der Waals surface area contributed by atoms with Crippen LogP contribution < -0.4 is 5.32 Å². The Labute approximate surface area is 130 Å². The van der Waals surface area contributed by atoms with Crippen molar-refractivity contribution in [3.8, 4) is 0 Å². The minimum Gasteiger partial charge on any atom is -0.467 e. The molecule has 6 nitrogen and oxygen atoms in total. The molecule has 1 N–H and O–H groups in total. The molecule has 0 saturated carbocycles. The van der Waals surface area contributed by atoms with Gasteiger partial charge in [0.25, 0.3) is 0 Å². The highest BCUT2D eigenvalue weighted by Gasteiger charge is 2.41. The van der Waals surface area contributed by atoms with Gasteiger partial charge in [-0.05, 0) is 37.4 Å². The third-order valence-corrected chi connectivity index (χ3v) is 4.56. The predicted octanol–water partition coefficient (Wildman–Crippen LogP) is 1.02. The number of carbonyl (C=O) groups excluding carboxylic acids is 1. The Hall–Kier alpha value is -1.37. The molecule has 2 aliphatic heterocycles. The summed E-state index contributed by atoms with van der Waals surface area (Å²) in [7, 11) is 1.72. The maximum atomic E-state index is 12.2. The van der Waals surface area contributed by atoms with Crippen LogP contribution >= 0.6 is 0 Å². The molecule has 1 aromatic heterocycles. The minimum atomic E-state index is -0.327. The van der Waals surface area contributed by atoms with Gasteiger partial charge >= 0.3 is 0 Å². The number of piperidine rings is 1. The molecule has 3 heterocycles. The first-order chi connectivity index (χ1) is 10.8. The quantitative estimate of drug-likeness (QED) is 0.850. The highest BCUT2D eigenvalue weighted by molar-refractivity contribution is 5.81. The summed E-state index contributed by atoms with van der Waals surface area (Å²) in [5.41, 5.74) is 0. The molecule has 22 heavy (non-hydrogen) atoms. The molecular weight excluding hydrogens is 284 g/mol. The SMILES string of the molecule is COCCN1CC[C@@H]2C[C@@H](C(=O)NCc3ccco3)O[C@H]2C1. The number of fused-ring (bicyclic) bond motifs is 1. The first kappa shape index (κ1) is 15.5. The Morgan fingerprint density at radius 3 is 3.23 bits per heavy atom. The first-order valence-electron chi connectivity index (χ1n) is 7.93. The molecule has 6 heteroatoms. The van der Waals surface area contributed by atoms with Gasteiger partial charge in [0.1, 0.15) is 11.9 Å². The number of methoxy groups -OCH3 is 1. The molecule has 0 unspecified atom stereocenters. The fourth-order valence-corrected chi connectivity index (χ4v) is 3.29. The van der Waals surface area contributed by atoms with Gasteiger partial charge in [-0.15, -0.1) is 0 Å². The second-order valence-electron chi connectivity index (χ2n) is 6.04. The van der Waals surface area contributed by atoms with Crippen molar-refractivity contribution in [3.05, 3.63) is 24.2 Å².